The molecule has 1 saturated heterocycles. The van der Waals surface area contributed by atoms with Crippen LogP contribution < -0.4 is 0 Å². The maximum atomic E-state index is 11.0. The highest BCUT2D eigenvalue weighted by atomic mass is 16.6. The average Bonchev–Trinajstić information content (AvgIpc) is 3.24. The summed E-state index contributed by atoms with van der Waals surface area (Å²) in [6.07, 6.45) is -0.132. The zero-order valence-electron chi connectivity index (χ0n) is 9.41. The Morgan fingerprint density at radius 3 is 1.65 bits per heavy atom. The highest BCUT2D eigenvalue weighted by Crippen LogP contribution is 2.39. The van der Waals surface area contributed by atoms with Crippen molar-refractivity contribution in [3.05, 3.63) is 71.8 Å². The minimum Gasteiger partial charge on any atom is -0.378 e. The second-order valence-corrected chi connectivity index (χ2v) is 4.32. The van der Waals surface area contributed by atoms with Crippen molar-refractivity contribution >= 4 is 0 Å². The number of epoxide rings is 1. The molecule has 1 fully saturated rings. The van der Waals surface area contributed by atoms with Crippen LogP contribution >= 0.6 is 0 Å². The van der Waals surface area contributed by atoms with Crippen LogP contribution in [0.1, 0.15) is 11.1 Å². The molecule has 2 aromatic rings. The summed E-state index contributed by atoms with van der Waals surface area (Å²) in [6, 6.07) is 19.4. The van der Waals surface area contributed by atoms with Gasteiger partial charge < -0.3 is 9.84 Å². The molecular weight excluding hydrogens is 212 g/mol. The summed E-state index contributed by atoms with van der Waals surface area (Å²) < 4.78 is 5.33. The van der Waals surface area contributed by atoms with E-state index in [2.05, 4.69) is 0 Å². The van der Waals surface area contributed by atoms with Gasteiger partial charge in [-0.3, -0.25) is 0 Å². The standard InChI is InChI=1S/C15H14O2/c16-15(14-11-17-14,12-7-3-1-4-8-12)13-9-5-2-6-10-13/h1-10,14,16H,11H2/t14-/m0/s1. The Bertz CT molecular complexity index is 449. The summed E-state index contributed by atoms with van der Waals surface area (Å²) in [6.45, 7) is 0.611. The second kappa shape index (κ2) is 3.99. The van der Waals surface area contributed by atoms with E-state index in [1.165, 1.54) is 0 Å². The van der Waals surface area contributed by atoms with Crippen molar-refractivity contribution in [2.24, 2.45) is 0 Å². The fraction of sp³-hybridized carbons (Fsp3) is 0.200. The van der Waals surface area contributed by atoms with Crippen LogP contribution in [0.4, 0.5) is 0 Å². The Labute approximate surface area is 100 Å². The summed E-state index contributed by atoms with van der Waals surface area (Å²) >= 11 is 0. The summed E-state index contributed by atoms with van der Waals surface area (Å²) in [4.78, 5) is 0. The first-order chi connectivity index (χ1) is 8.32. The molecule has 0 aliphatic carbocycles. The van der Waals surface area contributed by atoms with E-state index in [9.17, 15) is 5.11 Å². The van der Waals surface area contributed by atoms with Crippen molar-refractivity contribution in [1.29, 1.82) is 0 Å². The van der Waals surface area contributed by atoms with E-state index in [1.54, 1.807) is 0 Å². The number of rotatable bonds is 3. The van der Waals surface area contributed by atoms with Crippen molar-refractivity contribution < 1.29 is 9.84 Å². The lowest BCUT2D eigenvalue weighted by Gasteiger charge is -2.27. The van der Waals surface area contributed by atoms with Crippen molar-refractivity contribution in [2.75, 3.05) is 6.61 Å². The molecule has 0 radical (unpaired) electrons. The Morgan fingerprint density at radius 1 is 0.882 bits per heavy atom. The first kappa shape index (κ1) is 10.5. The van der Waals surface area contributed by atoms with Crippen LogP contribution in [-0.2, 0) is 10.3 Å². The lowest BCUT2D eigenvalue weighted by Crippen LogP contribution is -2.33. The van der Waals surface area contributed by atoms with Crippen molar-refractivity contribution in [3.8, 4) is 0 Å². The molecule has 0 bridgehead atoms. The van der Waals surface area contributed by atoms with E-state index in [0.717, 1.165) is 11.1 Å². The number of aliphatic hydroxyl groups is 1. The van der Waals surface area contributed by atoms with E-state index < -0.39 is 5.60 Å². The molecule has 2 heteroatoms. The van der Waals surface area contributed by atoms with Crippen LogP contribution in [-0.4, -0.2) is 17.8 Å². The molecule has 0 amide bonds. The first-order valence-corrected chi connectivity index (χ1v) is 5.77. The van der Waals surface area contributed by atoms with Crippen LogP contribution in [0.5, 0.6) is 0 Å². The molecule has 0 saturated carbocycles. The zero-order valence-corrected chi connectivity index (χ0v) is 9.41. The highest BCUT2D eigenvalue weighted by molar-refractivity contribution is 5.38. The predicted molar refractivity (Wildman–Crippen MR) is 65.6 cm³/mol. The van der Waals surface area contributed by atoms with Crippen LogP contribution in [0.25, 0.3) is 0 Å². The Morgan fingerprint density at radius 2 is 1.29 bits per heavy atom. The monoisotopic (exact) mass is 226 g/mol. The van der Waals surface area contributed by atoms with Gasteiger partial charge in [0.15, 0.2) is 0 Å². The summed E-state index contributed by atoms with van der Waals surface area (Å²) in [5.41, 5.74) is 0.741. The summed E-state index contributed by atoms with van der Waals surface area (Å²) in [7, 11) is 0. The lowest BCUT2D eigenvalue weighted by molar-refractivity contribution is 0.0477. The Kier molecular flexibility index (Phi) is 2.46. The third kappa shape index (κ3) is 1.75. The number of hydrogen-bond acceptors (Lipinski definition) is 2. The predicted octanol–water partition coefficient (Wildman–Crippen LogP) is 2.32. The smallest absolute Gasteiger partial charge is 0.143 e. The maximum Gasteiger partial charge on any atom is 0.143 e. The molecule has 0 unspecified atom stereocenters. The van der Waals surface area contributed by atoms with Crippen LogP contribution in [0.15, 0.2) is 60.7 Å². The topological polar surface area (TPSA) is 32.8 Å². The second-order valence-electron chi connectivity index (χ2n) is 4.32. The van der Waals surface area contributed by atoms with Gasteiger partial charge in [-0.25, -0.2) is 0 Å². The molecule has 2 nitrogen and oxygen atoms in total. The molecule has 0 spiro atoms. The van der Waals surface area contributed by atoms with Crippen molar-refractivity contribution in [3.63, 3.8) is 0 Å². The average molecular weight is 226 g/mol. The molecule has 1 atom stereocenters. The SMILES string of the molecule is OC(c1ccccc1)(c1ccccc1)[C@@H]1CO1. The lowest BCUT2D eigenvalue weighted by atomic mass is 9.84. The Balaban J connectivity index is 2.11. The van der Waals surface area contributed by atoms with Gasteiger partial charge in [0.25, 0.3) is 0 Å². The Hall–Kier alpha value is -1.64. The molecule has 1 N–H and O–H groups in total. The summed E-state index contributed by atoms with van der Waals surface area (Å²) in [5.74, 6) is 0. The largest absolute Gasteiger partial charge is 0.378 e. The van der Waals surface area contributed by atoms with Crippen molar-refractivity contribution in [2.45, 2.75) is 11.7 Å². The van der Waals surface area contributed by atoms with Gasteiger partial charge in [0.1, 0.15) is 11.7 Å². The maximum absolute atomic E-state index is 11.0. The molecule has 3 rings (SSSR count). The first-order valence-electron chi connectivity index (χ1n) is 5.77. The van der Waals surface area contributed by atoms with Crippen molar-refractivity contribution in [1.82, 2.24) is 0 Å². The molecule has 1 heterocycles. The molecule has 1 aliphatic rings. The minimum atomic E-state index is -1.03. The van der Waals surface area contributed by atoms with Gasteiger partial charge in [-0.05, 0) is 11.1 Å². The minimum absolute atomic E-state index is 0.132. The molecule has 86 valence electrons. The normalized spacial score (nSPS) is 19.0. The van der Waals surface area contributed by atoms with Gasteiger partial charge in [-0.1, -0.05) is 60.7 Å². The molecular formula is C15H14O2. The van der Waals surface area contributed by atoms with Gasteiger partial charge in [-0.15, -0.1) is 0 Å². The number of benzene rings is 2. The fourth-order valence-electron chi connectivity index (χ4n) is 2.21. The van der Waals surface area contributed by atoms with Crippen LogP contribution in [0.2, 0.25) is 0 Å². The third-order valence-corrected chi connectivity index (χ3v) is 3.23. The summed E-state index contributed by atoms with van der Waals surface area (Å²) in [5, 5.41) is 11.0. The van der Waals surface area contributed by atoms with Crippen LogP contribution in [0, 0.1) is 0 Å². The van der Waals surface area contributed by atoms with Gasteiger partial charge in [0.2, 0.25) is 0 Å². The van der Waals surface area contributed by atoms with Gasteiger partial charge >= 0.3 is 0 Å². The number of hydrogen-bond donors (Lipinski definition) is 1. The molecule has 17 heavy (non-hydrogen) atoms. The van der Waals surface area contributed by atoms with Gasteiger partial charge in [0.05, 0.1) is 6.61 Å². The van der Waals surface area contributed by atoms with E-state index >= 15 is 0 Å². The highest BCUT2D eigenvalue weighted by Gasteiger charge is 2.48. The molecule has 0 aromatic heterocycles. The molecule has 1 aliphatic heterocycles. The fourth-order valence-corrected chi connectivity index (χ4v) is 2.21. The third-order valence-electron chi connectivity index (χ3n) is 3.23. The van der Waals surface area contributed by atoms with Gasteiger partial charge in [0, 0.05) is 0 Å². The van der Waals surface area contributed by atoms with Gasteiger partial charge in [-0.2, -0.15) is 0 Å². The number of ether oxygens (including phenoxy) is 1. The van der Waals surface area contributed by atoms with E-state index in [4.69, 9.17) is 4.74 Å². The quantitative estimate of drug-likeness (QED) is 0.815. The van der Waals surface area contributed by atoms with Crippen LogP contribution in [0.3, 0.4) is 0 Å². The molecule has 2 aromatic carbocycles. The van der Waals surface area contributed by atoms with E-state index in [-0.39, 0.29) is 6.10 Å². The van der Waals surface area contributed by atoms with E-state index in [0.29, 0.717) is 6.61 Å². The van der Waals surface area contributed by atoms with E-state index in [1.807, 2.05) is 60.7 Å². The zero-order chi connectivity index (χ0) is 11.7.